The van der Waals surface area contributed by atoms with Gasteiger partial charge in [0.25, 0.3) is 0 Å². The van der Waals surface area contributed by atoms with E-state index in [0.29, 0.717) is 26.1 Å². The normalized spacial score (nSPS) is 11.1. The fraction of sp³-hybridized carbons (Fsp3) is 0.556. The Morgan fingerprint density at radius 2 is 1.38 bits per heavy atom. The van der Waals surface area contributed by atoms with Gasteiger partial charge in [-0.2, -0.15) is 0 Å². The van der Waals surface area contributed by atoms with E-state index < -0.39 is 0 Å². The zero-order valence-corrected chi connectivity index (χ0v) is 26.3. The number of nitrogens with zero attached hydrogens (tertiary/aromatic N) is 2. The summed E-state index contributed by atoms with van der Waals surface area (Å²) in [6.07, 6.45) is 16.2. The van der Waals surface area contributed by atoms with E-state index in [4.69, 9.17) is 4.74 Å². The maximum Gasteiger partial charge on any atom is 0.242 e. The number of carbonyl (C=O) groups excluding carboxylic acids is 2. The molecule has 3 rings (SSSR count). The van der Waals surface area contributed by atoms with Crippen molar-refractivity contribution in [2.75, 3.05) is 26.7 Å². The summed E-state index contributed by atoms with van der Waals surface area (Å²) in [5.74, 6) is 0.859. The predicted octanol–water partition coefficient (Wildman–Crippen LogP) is 8.30. The lowest BCUT2D eigenvalue weighted by Crippen LogP contribution is -2.43. The van der Waals surface area contributed by atoms with Gasteiger partial charge in [-0.3, -0.25) is 9.59 Å². The molecule has 0 aliphatic rings. The van der Waals surface area contributed by atoms with Gasteiger partial charge in [-0.25, -0.2) is 0 Å². The summed E-state index contributed by atoms with van der Waals surface area (Å²) in [5.41, 5.74) is 3.25. The van der Waals surface area contributed by atoms with Crippen LogP contribution in [0.2, 0.25) is 0 Å². The number of fused-ring (bicyclic) bond motifs is 1. The van der Waals surface area contributed by atoms with Crippen LogP contribution in [0.4, 0.5) is 0 Å². The third-order valence-corrected chi connectivity index (χ3v) is 8.19. The molecule has 0 saturated heterocycles. The van der Waals surface area contributed by atoms with Gasteiger partial charge in [-0.15, -0.1) is 0 Å². The van der Waals surface area contributed by atoms with Gasteiger partial charge in [0, 0.05) is 48.7 Å². The number of H-pyrrole nitrogens is 1. The molecular formula is C36H53N3O3. The highest BCUT2D eigenvalue weighted by Crippen LogP contribution is 2.22. The SMILES string of the molecule is CCCCCCCCCCCC(=O)N(CCCC)CC(=O)N(CCc1c[nH]c2ccccc12)Cc1ccccc1OC. The molecule has 1 heterocycles. The minimum atomic E-state index is -0.0164. The van der Waals surface area contributed by atoms with Crippen LogP contribution >= 0.6 is 0 Å². The lowest BCUT2D eigenvalue weighted by atomic mass is 10.1. The van der Waals surface area contributed by atoms with E-state index >= 15 is 0 Å². The minimum Gasteiger partial charge on any atom is -0.496 e. The summed E-state index contributed by atoms with van der Waals surface area (Å²) in [6.45, 7) is 6.13. The second-order valence-corrected chi connectivity index (χ2v) is 11.5. The second kappa shape index (κ2) is 19.0. The molecule has 0 spiro atoms. The number of hydrogen-bond donors (Lipinski definition) is 1. The third-order valence-electron chi connectivity index (χ3n) is 8.19. The number of benzene rings is 2. The highest BCUT2D eigenvalue weighted by molar-refractivity contribution is 5.85. The van der Waals surface area contributed by atoms with Crippen LogP contribution in [-0.2, 0) is 22.6 Å². The van der Waals surface area contributed by atoms with Crippen molar-refractivity contribution in [3.63, 3.8) is 0 Å². The van der Waals surface area contributed by atoms with E-state index in [0.717, 1.165) is 48.9 Å². The largest absolute Gasteiger partial charge is 0.496 e. The first-order valence-electron chi connectivity index (χ1n) is 16.3. The van der Waals surface area contributed by atoms with Gasteiger partial charge in [0.1, 0.15) is 5.75 Å². The van der Waals surface area contributed by atoms with E-state index in [1.165, 1.54) is 55.9 Å². The van der Waals surface area contributed by atoms with Crippen LogP contribution in [0.5, 0.6) is 5.75 Å². The number of carbonyl (C=O) groups is 2. The van der Waals surface area contributed by atoms with Crippen molar-refractivity contribution >= 4 is 22.7 Å². The Morgan fingerprint density at radius 1 is 0.714 bits per heavy atom. The standard InChI is InChI=1S/C36H53N3O3/c1-4-6-8-9-10-11-12-13-14-23-35(40)38(25-7-5-2)29-36(41)39(28-31-19-15-18-22-34(31)42-3)26-24-30-27-37-33-21-17-16-20-32(30)33/h15-22,27,37H,4-14,23-26,28-29H2,1-3H3. The average Bonchev–Trinajstić information content (AvgIpc) is 3.43. The molecule has 2 amide bonds. The lowest BCUT2D eigenvalue weighted by molar-refractivity contribution is -0.141. The Balaban J connectivity index is 1.62. The summed E-state index contributed by atoms with van der Waals surface area (Å²) in [5, 5.41) is 1.18. The zero-order valence-electron chi connectivity index (χ0n) is 26.3. The van der Waals surface area contributed by atoms with E-state index in [9.17, 15) is 9.59 Å². The van der Waals surface area contributed by atoms with Crippen molar-refractivity contribution in [1.29, 1.82) is 0 Å². The number of methoxy groups -OCH3 is 1. The van der Waals surface area contributed by atoms with Gasteiger partial charge in [0.05, 0.1) is 13.7 Å². The van der Waals surface area contributed by atoms with E-state index in [1.54, 1.807) is 12.0 Å². The first kappa shape index (κ1) is 33.2. The molecule has 6 nitrogen and oxygen atoms in total. The van der Waals surface area contributed by atoms with Crippen molar-refractivity contribution in [2.24, 2.45) is 0 Å². The molecule has 0 aliphatic carbocycles. The van der Waals surface area contributed by atoms with Crippen molar-refractivity contribution in [2.45, 2.75) is 104 Å². The highest BCUT2D eigenvalue weighted by atomic mass is 16.5. The topological polar surface area (TPSA) is 65.6 Å². The third kappa shape index (κ3) is 10.8. The number of amides is 2. The predicted molar refractivity (Wildman–Crippen MR) is 174 cm³/mol. The minimum absolute atomic E-state index is 0.0164. The molecular weight excluding hydrogens is 522 g/mol. The van der Waals surface area contributed by atoms with Crippen LogP contribution in [0.15, 0.2) is 54.7 Å². The maximum absolute atomic E-state index is 13.9. The Morgan fingerprint density at radius 3 is 2.12 bits per heavy atom. The van der Waals surface area contributed by atoms with Gasteiger partial charge in [-0.1, -0.05) is 108 Å². The molecule has 3 aromatic rings. The van der Waals surface area contributed by atoms with Crippen molar-refractivity contribution < 1.29 is 14.3 Å². The molecule has 1 aromatic heterocycles. The molecule has 0 atom stereocenters. The summed E-state index contributed by atoms with van der Waals surface area (Å²) in [4.78, 5) is 34.2. The monoisotopic (exact) mass is 575 g/mol. The van der Waals surface area contributed by atoms with Crippen molar-refractivity contribution in [3.8, 4) is 5.75 Å². The molecule has 0 unspecified atom stereocenters. The van der Waals surface area contributed by atoms with Crippen LogP contribution in [0.3, 0.4) is 0 Å². The first-order valence-corrected chi connectivity index (χ1v) is 16.3. The second-order valence-electron chi connectivity index (χ2n) is 11.5. The number of unbranched alkanes of at least 4 members (excludes halogenated alkanes) is 9. The van der Waals surface area contributed by atoms with E-state index in [-0.39, 0.29) is 18.4 Å². The Labute approximate surface area is 253 Å². The van der Waals surface area contributed by atoms with Crippen LogP contribution in [0.1, 0.15) is 102 Å². The molecule has 1 N–H and O–H groups in total. The average molecular weight is 576 g/mol. The number of rotatable bonds is 21. The van der Waals surface area contributed by atoms with Crippen molar-refractivity contribution in [1.82, 2.24) is 14.8 Å². The Kier molecular flexibility index (Phi) is 15.0. The maximum atomic E-state index is 13.9. The quantitative estimate of drug-likeness (QED) is 0.130. The zero-order chi connectivity index (χ0) is 30.0. The molecule has 0 saturated carbocycles. The number of aromatic amines is 1. The lowest BCUT2D eigenvalue weighted by Gasteiger charge is -2.28. The Bertz CT molecular complexity index is 1200. The molecule has 42 heavy (non-hydrogen) atoms. The van der Waals surface area contributed by atoms with E-state index in [1.807, 2.05) is 47.5 Å². The van der Waals surface area contributed by atoms with Gasteiger partial charge in [0.2, 0.25) is 11.8 Å². The summed E-state index contributed by atoms with van der Waals surface area (Å²) < 4.78 is 5.60. The number of aromatic nitrogens is 1. The molecule has 0 radical (unpaired) electrons. The Hall–Kier alpha value is -3.28. The number of ether oxygens (including phenoxy) is 1. The molecule has 0 fully saturated rings. The van der Waals surface area contributed by atoms with Crippen LogP contribution < -0.4 is 4.74 Å². The number of hydrogen-bond acceptors (Lipinski definition) is 3. The number of nitrogens with one attached hydrogen (secondary N) is 1. The summed E-state index contributed by atoms with van der Waals surface area (Å²) in [6, 6.07) is 16.1. The summed E-state index contributed by atoms with van der Waals surface area (Å²) in [7, 11) is 1.66. The molecule has 0 bridgehead atoms. The fourth-order valence-corrected chi connectivity index (χ4v) is 5.57. The molecule has 0 aliphatic heterocycles. The highest BCUT2D eigenvalue weighted by Gasteiger charge is 2.22. The van der Waals surface area contributed by atoms with Gasteiger partial charge in [-0.05, 0) is 37.0 Å². The van der Waals surface area contributed by atoms with Crippen LogP contribution in [0.25, 0.3) is 10.9 Å². The summed E-state index contributed by atoms with van der Waals surface area (Å²) >= 11 is 0. The van der Waals surface area contributed by atoms with Crippen LogP contribution in [-0.4, -0.2) is 53.3 Å². The first-order chi connectivity index (χ1) is 20.6. The van der Waals surface area contributed by atoms with Gasteiger partial charge in [0.15, 0.2) is 0 Å². The fourth-order valence-electron chi connectivity index (χ4n) is 5.57. The molecule has 230 valence electrons. The van der Waals surface area contributed by atoms with Crippen LogP contribution in [0, 0.1) is 0 Å². The van der Waals surface area contributed by atoms with Gasteiger partial charge >= 0.3 is 0 Å². The van der Waals surface area contributed by atoms with Crippen molar-refractivity contribution in [3.05, 3.63) is 65.9 Å². The molecule has 6 heteroatoms. The van der Waals surface area contributed by atoms with E-state index in [2.05, 4.69) is 31.0 Å². The molecule has 2 aromatic carbocycles. The smallest absolute Gasteiger partial charge is 0.242 e. The van der Waals surface area contributed by atoms with Gasteiger partial charge < -0.3 is 19.5 Å². The number of para-hydroxylation sites is 2.